The van der Waals surface area contributed by atoms with Crippen molar-refractivity contribution in [1.82, 2.24) is 4.57 Å². The Morgan fingerprint density at radius 2 is 0.761 bits per heavy atom. The first kappa shape index (κ1) is 69.8. The Morgan fingerprint density at radius 3 is 1.04 bits per heavy atom. The molecule has 0 aliphatic rings. The van der Waals surface area contributed by atoms with E-state index in [-0.39, 0.29) is 36.5 Å². The van der Waals surface area contributed by atoms with Gasteiger partial charge in [-0.2, -0.15) is 0 Å². The van der Waals surface area contributed by atoms with Crippen molar-refractivity contribution in [3.63, 3.8) is 0 Å². The van der Waals surface area contributed by atoms with Crippen LogP contribution >= 0.6 is 7.82 Å². The van der Waals surface area contributed by atoms with Crippen LogP contribution in [-0.2, 0) is 359 Å². The number of aryl methyl sites for hydroxylation is 2. The van der Waals surface area contributed by atoms with Crippen molar-refractivity contribution in [1.29, 1.82) is 0 Å². The maximum absolute atomic E-state index is 13.0. The van der Waals surface area contributed by atoms with Gasteiger partial charge in [0.1, 0.15) is 0 Å². The number of imidazole rings is 1. The molecule has 0 atom stereocenters. The van der Waals surface area contributed by atoms with E-state index in [1.54, 1.807) is 17.8 Å². The maximum Gasteiger partial charge on any atom is 1.00 e. The van der Waals surface area contributed by atoms with Crippen LogP contribution in [0.15, 0.2) is 18.7 Å². The third-order valence-corrected chi connectivity index (χ3v) is 68.4. The molecule has 0 spiro atoms. The van der Waals surface area contributed by atoms with Gasteiger partial charge in [-0.3, -0.25) is 0 Å². The summed E-state index contributed by atoms with van der Waals surface area (Å²) in [7, 11) is -11.7. The van der Waals surface area contributed by atoms with Crippen LogP contribution in [0.4, 0.5) is 0 Å². The van der Waals surface area contributed by atoms with E-state index < -0.39 is 225 Å². The fourth-order valence-electron chi connectivity index (χ4n) is 2.78. The molecule has 0 radical (unpaired) electrons. The number of hydrogen-bond donors (Lipinski definition) is 2. The van der Waals surface area contributed by atoms with Crippen LogP contribution < -0.4 is 4.57 Å². The van der Waals surface area contributed by atoms with E-state index in [1.807, 2.05) is 0 Å². The summed E-state index contributed by atoms with van der Waals surface area (Å²) < 4.78 is 380. The summed E-state index contributed by atoms with van der Waals surface area (Å²) >= 11 is -99.2. The summed E-state index contributed by atoms with van der Waals surface area (Å²) in [4.78, 5) is 0. The molecular weight excluding hydrogens is 2070 g/mol. The zero-order valence-electron chi connectivity index (χ0n) is 29.7. The predicted molar refractivity (Wildman–Crippen MR) is 91.3 cm³/mol. The fourth-order valence-corrected chi connectivity index (χ4v) is 66.1. The van der Waals surface area contributed by atoms with Gasteiger partial charge < -0.3 is 0 Å². The minimum absolute atomic E-state index is 0. The fraction of sp³-hybridized carbons (Fsp3) is 0.625. The number of phosphoric acid groups is 1. The van der Waals surface area contributed by atoms with E-state index in [4.69, 9.17) is 7.52 Å². The molecule has 1 heterocycles. The summed E-state index contributed by atoms with van der Waals surface area (Å²) in [5, 5.41) is 0. The monoisotopic (exact) mass is 2110 g/mol. The molecule has 1 aromatic heterocycles. The molecule has 0 saturated heterocycles. The van der Waals surface area contributed by atoms with Crippen molar-refractivity contribution >= 4 is 17.9 Å². The van der Waals surface area contributed by atoms with Crippen LogP contribution in [0.1, 0.15) is 12.8 Å². The summed E-state index contributed by atoms with van der Waals surface area (Å²) in [5.74, 6) is -1.18. The standard InChI is InChI=1S/C8H14N2O3S.Cu.12Mo.H3O4P.2H2O.33O/c1-9-5-6-10(8-9)4-2-3-7-14(11,12)13;;;;;;;;;;;;;;1-5(2,3)4;;;;;;;;;;;;;;;;;;;;;;;;;;;;;;;;;;;/h5-6,8H,2-4,7H2,1H3;;;;;;;;;;;;;;(H3,1,2,3,4);2*1H2;;;;;;;;;;;;;;;;;;;;;;;;;;;;;;;;;/q;+1;;;;;;;6*+1;;;;;;;;;;;;;;;;;;;;;;;;;;;;;;;;;;;;/p-5. The largest absolute Gasteiger partial charge is 1.00 e. The van der Waals surface area contributed by atoms with E-state index in [1.165, 1.54) is 17.1 Å². The Balaban J connectivity index is 0.0000436. The Labute approximate surface area is 421 Å². The molecular formula is C8H16CuMo12N2O42PS+2. The molecule has 402 valence electrons. The van der Waals surface area contributed by atoms with Gasteiger partial charge in [-0.15, -0.1) is 0 Å². The molecule has 2 N–H and O–H groups in total. The molecule has 67 heavy (non-hydrogen) atoms. The normalized spacial score (nSPS) is 14.9. The van der Waals surface area contributed by atoms with Crippen LogP contribution in [0, 0.1) is 0 Å². The molecule has 0 unspecified atom stereocenters. The van der Waals surface area contributed by atoms with Gasteiger partial charge in [-0.25, -0.2) is 0 Å². The van der Waals surface area contributed by atoms with Crippen LogP contribution in [0.25, 0.3) is 0 Å². The molecule has 0 fully saturated rings. The second-order valence-electron chi connectivity index (χ2n) is 9.57. The number of nitrogens with zero attached hydrogens (tertiary/aromatic N) is 2. The van der Waals surface area contributed by atoms with Crippen LogP contribution in [0.2, 0.25) is 0 Å². The molecule has 0 saturated carbocycles. The Hall–Kier alpha value is 2.77. The van der Waals surface area contributed by atoms with Crippen molar-refractivity contribution in [3.05, 3.63) is 18.7 Å². The third-order valence-electron chi connectivity index (χ3n) is 4.12. The van der Waals surface area contributed by atoms with E-state index in [0.29, 0.717) is 0 Å². The molecule has 0 aliphatic heterocycles. The van der Waals surface area contributed by atoms with E-state index in [2.05, 4.69) is 30.8 Å². The molecule has 44 nitrogen and oxygen atoms in total. The van der Waals surface area contributed by atoms with Gasteiger partial charge in [-0.1, -0.05) is 0 Å². The second kappa shape index (κ2) is 24.8. The summed E-state index contributed by atoms with van der Waals surface area (Å²) in [6.45, 7) is 0.135. The minimum Gasteiger partial charge on any atom is 1.00 e. The zero-order chi connectivity index (χ0) is 52.3. The van der Waals surface area contributed by atoms with Crippen LogP contribution in [0.3, 0.4) is 0 Å². The summed E-state index contributed by atoms with van der Waals surface area (Å²) in [6, 6.07) is 0. The average molecular weight is 2090 g/mol. The van der Waals surface area contributed by atoms with Gasteiger partial charge in [0, 0.05) is 0 Å². The van der Waals surface area contributed by atoms with E-state index >= 15 is 0 Å². The Bertz CT molecular complexity index is 3440. The first-order valence-corrected chi connectivity index (χ1v) is 55.7. The van der Waals surface area contributed by atoms with Crippen molar-refractivity contribution in [2.45, 2.75) is 19.4 Å². The van der Waals surface area contributed by atoms with E-state index in [9.17, 15) is 94.5 Å². The van der Waals surface area contributed by atoms with Crippen molar-refractivity contribution in [2.75, 3.05) is 5.75 Å². The van der Waals surface area contributed by atoms with E-state index in [0.717, 1.165) is 0 Å². The van der Waals surface area contributed by atoms with Crippen molar-refractivity contribution in [2.24, 2.45) is 7.05 Å². The Kier molecular flexibility index (Phi) is 25.9. The van der Waals surface area contributed by atoms with Crippen LogP contribution in [0.5, 0.6) is 0 Å². The molecule has 0 bridgehead atoms. The quantitative estimate of drug-likeness (QED) is 0.0308. The van der Waals surface area contributed by atoms with Gasteiger partial charge in [0.25, 0.3) is 0 Å². The SMILES string of the molecule is Cn1cc[n+](CCCCS(=O)(=O)[O][Mo](=[O])(=[O])[O][Mo](=[O])(=[O])[O][Mo](=[O])(=[O])[O][Mo](=[O])(=[O])[O]P(=O)([O][Mo](=[O])(=[O])[O][Mo](=[O])(=[O])[O][Mo](=[O])(=[O])[O][Mo](=[O])(=[O])[OH])[O][Mo](=[O])(=[O])[O][Mo](=[O])(=[O])[O][Mo](=[O])(=[O])[O][Mo](=[O])(=[O])[OH])c1.[Cu+]. The number of rotatable bonds is 31. The van der Waals surface area contributed by atoms with Gasteiger partial charge in [-0.05, 0) is 0 Å². The van der Waals surface area contributed by atoms with Gasteiger partial charge >= 0.3 is 429 Å². The summed E-state index contributed by atoms with van der Waals surface area (Å²) in [5.41, 5.74) is 0. The summed E-state index contributed by atoms with van der Waals surface area (Å²) in [6.07, 6.45) is 4.24. The molecule has 1 aromatic rings. The number of aromatic nitrogens is 2. The van der Waals surface area contributed by atoms with Crippen molar-refractivity contribution in [3.8, 4) is 0 Å². The second-order valence-corrected chi connectivity index (χ2v) is 62.0. The average Bonchev–Trinajstić information content (AvgIpc) is 3.29. The molecule has 59 heteroatoms. The van der Waals surface area contributed by atoms with Gasteiger partial charge in [0.15, 0.2) is 0 Å². The molecule has 1 rings (SSSR count). The smallest absolute Gasteiger partial charge is 1.00 e. The maximum atomic E-state index is 13.0. The zero-order valence-corrected chi connectivity index (χ0v) is 56.5. The number of unbranched alkanes of at least 4 members (excludes halogenated alkanes) is 1. The van der Waals surface area contributed by atoms with Crippen molar-refractivity contribution < 1.29 is 355 Å². The minimum atomic E-state index is -8.96. The van der Waals surface area contributed by atoms with Gasteiger partial charge in [0.05, 0.1) is 0 Å². The number of hydrogen-bond acceptors (Lipinski definition) is 40. The first-order valence-electron chi connectivity index (χ1n) is 13.2. The van der Waals surface area contributed by atoms with Gasteiger partial charge in [0.2, 0.25) is 0 Å². The third kappa shape index (κ3) is 32.1. The molecule has 0 aliphatic carbocycles. The molecule has 0 aromatic carbocycles. The van der Waals surface area contributed by atoms with Crippen LogP contribution in [-0.4, -0.2) is 26.3 Å². The Morgan fingerprint density at radius 1 is 0.478 bits per heavy atom. The predicted octanol–water partition coefficient (Wildman–Crippen LogP) is -4.17. The first-order chi connectivity index (χ1) is 28.7. The molecule has 0 amide bonds. The topological polar surface area (TPSA) is 630 Å².